The highest BCUT2D eigenvalue weighted by molar-refractivity contribution is 14.0. The molecule has 2 aliphatic heterocycles. The summed E-state index contributed by atoms with van der Waals surface area (Å²) < 4.78 is 10.7. The molecule has 0 spiro atoms. The topological polar surface area (TPSA) is 49.3 Å². The van der Waals surface area contributed by atoms with Gasteiger partial charge < -0.3 is 24.6 Å². The molecule has 0 aliphatic carbocycles. The van der Waals surface area contributed by atoms with Crippen molar-refractivity contribution in [3.05, 3.63) is 54.1 Å². The Morgan fingerprint density at radius 2 is 1.79 bits per heavy atom. The maximum absolute atomic E-state index is 5.39. The number of ether oxygens (including phenoxy) is 2. The summed E-state index contributed by atoms with van der Waals surface area (Å²) in [6.07, 6.45) is 2.33. The predicted octanol–water partition coefficient (Wildman–Crippen LogP) is 4.60. The van der Waals surface area contributed by atoms with E-state index in [0.29, 0.717) is 11.8 Å². The summed E-state index contributed by atoms with van der Waals surface area (Å²) in [5.74, 6) is 4.01. The van der Waals surface area contributed by atoms with E-state index < -0.39 is 0 Å². The van der Waals surface area contributed by atoms with Crippen LogP contribution in [0.4, 0.5) is 5.69 Å². The van der Waals surface area contributed by atoms with E-state index in [9.17, 15) is 0 Å². The zero-order valence-corrected chi connectivity index (χ0v) is 22.3. The number of likely N-dealkylation sites (tertiary alicyclic amines) is 1. The lowest BCUT2D eigenvalue weighted by atomic mass is 9.98. The molecule has 0 bridgehead atoms. The van der Waals surface area contributed by atoms with Crippen molar-refractivity contribution in [2.75, 3.05) is 58.4 Å². The minimum absolute atomic E-state index is 0. The molecule has 2 unspecified atom stereocenters. The van der Waals surface area contributed by atoms with Crippen LogP contribution in [-0.4, -0.2) is 64.3 Å². The van der Waals surface area contributed by atoms with E-state index in [-0.39, 0.29) is 24.0 Å². The van der Waals surface area contributed by atoms with Crippen LogP contribution < -0.4 is 19.7 Å². The Morgan fingerprint density at radius 1 is 1.00 bits per heavy atom. The average molecular weight is 565 g/mol. The van der Waals surface area contributed by atoms with Gasteiger partial charge in [0.1, 0.15) is 11.5 Å². The van der Waals surface area contributed by atoms with Gasteiger partial charge in [0.25, 0.3) is 0 Å². The second kappa shape index (κ2) is 12.3. The summed E-state index contributed by atoms with van der Waals surface area (Å²) in [5.41, 5.74) is 2.62. The molecule has 180 valence electrons. The maximum Gasteiger partial charge on any atom is 0.193 e. The molecule has 2 aliphatic rings. The van der Waals surface area contributed by atoms with Crippen LogP contribution in [0.2, 0.25) is 0 Å². The van der Waals surface area contributed by atoms with Gasteiger partial charge in [-0.25, -0.2) is 0 Å². The summed E-state index contributed by atoms with van der Waals surface area (Å²) in [5, 5.41) is 3.52. The molecule has 33 heavy (non-hydrogen) atoms. The van der Waals surface area contributed by atoms with Crippen LogP contribution >= 0.6 is 24.0 Å². The molecule has 4 rings (SSSR count). The fourth-order valence-electron chi connectivity index (χ4n) is 4.77. The first-order chi connectivity index (χ1) is 15.7. The molecular formula is C26H37IN4O2. The van der Waals surface area contributed by atoms with Gasteiger partial charge in [-0.15, -0.1) is 24.0 Å². The molecule has 0 aromatic heterocycles. The Kier molecular flexibility index (Phi) is 9.52. The van der Waals surface area contributed by atoms with Gasteiger partial charge in [0.15, 0.2) is 5.96 Å². The van der Waals surface area contributed by atoms with Gasteiger partial charge in [-0.2, -0.15) is 0 Å². The second-order valence-corrected chi connectivity index (χ2v) is 8.70. The van der Waals surface area contributed by atoms with Crippen LogP contribution in [-0.2, 0) is 0 Å². The predicted molar refractivity (Wildman–Crippen MR) is 147 cm³/mol. The lowest BCUT2D eigenvalue weighted by molar-refractivity contribution is 0.414. The van der Waals surface area contributed by atoms with Crippen LogP contribution in [0.15, 0.2) is 53.5 Å². The normalized spacial score (nSPS) is 20.5. The number of anilines is 1. The molecule has 6 nitrogen and oxygen atoms in total. The standard InChI is InChI=1S/C26H36N4O2.HI/c1-4-27-26(30-15-13-22(19-30)21-8-10-24(31-2)11-9-21)28-17-20-12-14-29(18-20)23-6-5-7-25(16-23)32-3;/h5-11,16,20,22H,4,12-15,17-19H2,1-3H3,(H,27,28);1H. The lowest BCUT2D eigenvalue weighted by Gasteiger charge is -2.23. The Balaban J connectivity index is 0.00000306. The Morgan fingerprint density at radius 3 is 2.52 bits per heavy atom. The molecule has 2 aromatic rings. The third-order valence-corrected chi connectivity index (χ3v) is 6.61. The van der Waals surface area contributed by atoms with Gasteiger partial charge in [-0.3, -0.25) is 4.99 Å². The van der Waals surface area contributed by atoms with Crippen molar-refractivity contribution in [2.45, 2.75) is 25.7 Å². The summed E-state index contributed by atoms with van der Waals surface area (Å²) in [4.78, 5) is 9.93. The van der Waals surface area contributed by atoms with Crippen molar-refractivity contribution in [3.63, 3.8) is 0 Å². The number of nitrogens with zero attached hydrogens (tertiary/aromatic N) is 3. The van der Waals surface area contributed by atoms with Gasteiger partial charge in [0, 0.05) is 56.9 Å². The zero-order valence-electron chi connectivity index (χ0n) is 20.0. The first kappa shape index (κ1) is 25.5. The molecule has 1 N–H and O–H groups in total. The number of aliphatic imine (C=N–C) groups is 1. The number of rotatable bonds is 7. The summed E-state index contributed by atoms with van der Waals surface area (Å²) in [6.45, 7) is 8.09. The van der Waals surface area contributed by atoms with Crippen molar-refractivity contribution in [2.24, 2.45) is 10.9 Å². The van der Waals surface area contributed by atoms with Crippen molar-refractivity contribution in [1.29, 1.82) is 0 Å². The van der Waals surface area contributed by atoms with Gasteiger partial charge in [-0.05, 0) is 55.5 Å². The zero-order chi connectivity index (χ0) is 22.3. The van der Waals surface area contributed by atoms with Crippen LogP contribution in [0.5, 0.6) is 11.5 Å². The fraction of sp³-hybridized carbons (Fsp3) is 0.500. The van der Waals surface area contributed by atoms with E-state index in [2.05, 4.69) is 64.5 Å². The number of hydrogen-bond donors (Lipinski definition) is 1. The highest BCUT2D eigenvalue weighted by Crippen LogP contribution is 2.29. The third kappa shape index (κ3) is 6.46. The number of methoxy groups -OCH3 is 2. The summed E-state index contributed by atoms with van der Waals surface area (Å²) >= 11 is 0. The van der Waals surface area contributed by atoms with E-state index in [1.165, 1.54) is 17.7 Å². The van der Waals surface area contributed by atoms with E-state index in [4.69, 9.17) is 14.5 Å². The molecule has 2 aromatic carbocycles. The third-order valence-electron chi connectivity index (χ3n) is 6.61. The molecule has 2 heterocycles. The van der Waals surface area contributed by atoms with Gasteiger partial charge in [-0.1, -0.05) is 18.2 Å². The van der Waals surface area contributed by atoms with Crippen LogP contribution in [0.25, 0.3) is 0 Å². The summed E-state index contributed by atoms with van der Waals surface area (Å²) in [6, 6.07) is 16.9. The number of nitrogens with one attached hydrogen (secondary N) is 1. The van der Waals surface area contributed by atoms with E-state index >= 15 is 0 Å². The lowest BCUT2D eigenvalue weighted by Crippen LogP contribution is -2.40. The molecule has 0 radical (unpaired) electrons. The van der Waals surface area contributed by atoms with Gasteiger partial charge in [0.2, 0.25) is 0 Å². The SMILES string of the molecule is CCNC(=NCC1CCN(c2cccc(OC)c2)C1)N1CCC(c2ccc(OC)cc2)C1.I. The van der Waals surface area contributed by atoms with Crippen LogP contribution in [0.3, 0.4) is 0 Å². The van der Waals surface area contributed by atoms with Gasteiger partial charge >= 0.3 is 0 Å². The number of halogens is 1. The Hall–Kier alpha value is -2.16. The van der Waals surface area contributed by atoms with Gasteiger partial charge in [0.05, 0.1) is 14.2 Å². The highest BCUT2D eigenvalue weighted by Gasteiger charge is 2.27. The summed E-state index contributed by atoms with van der Waals surface area (Å²) in [7, 11) is 3.44. The molecule has 2 fully saturated rings. The Bertz CT molecular complexity index is 905. The second-order valence-electron chi connectivity index (χ2n) is 8.70. The first-order valence-corrected chi connectivity index (χ1v) is 11.8. The van der Waals surface area contributed by atoms with Crippen molar-refractivity contribution in [1.82, 2.24) is 10.2 Å². The maximum atomic E-state index is 5.39. The monoisotopic (exact) mass is 564 g/mol. The van der Waals surface area contributed by atoms with Crippen LogP contribution in [0, 0.1) is 5.92 Å². The van der Waals surface area contributed by atoms with E-state index in [0.717, 1.165) is 63.1 Å². The van der Waals surface area contributed by atoms with Crippen molar-refractivity contribution in [3.8, 4) is 11.5 Å². The van der Waals surface area contributed by atoms with E-state index in [1.807, 2.05) is 6.07 Å². The minimum atomic E-state index is 0. The highest BCUT2D eigenvalue weighted by atomic mass is 127. The van der Waals surface area contributed by atoms with Crippen molar-refractivity contribution >= 4 is 35.6 Å². The van der Waals surface area contributed by atoms with Crippen LogP contribution in [0.1, 0.15) is 31.2 Å². The number of hydrogen-bond acceptors (Lipinski definition) is 4. The fourth-order valence-corrected chi connectivity index (χ4v) is 4.77. The molecule has 7 heteroatoms. The number of guanidine groups is 1. The molecule has 2 atom stereocenters. The molecule has 0 saturated carbocycles. The average Bonchev–Trinajstić information content (AvgIpc) is 3.52. The van der Waals surface area contributed by atoms with Crippen molar-refractivity contribution < 1.29 is 9.47 Å². The quantitative estimate of drug-likeness (QED) is 0.303. The molecular weight excluding hydrogens is 527 g/mol. The molecule has 2 saturated heterocycles. The first-order valence-electron chi connectivity index (χ1n) is 11.8. The van der Waals surface area contributed by atoms with E-state index in [1.54, 1.807) is 14.2 Å². The molecule has 0 amide bonds. The Labute approximate surface area is 215 Å². The minimum Gasteiger partial charge on any atom is -0.497 e. The smallest absolute Gasteiger partial charge is 0.193 e. The number of benzene rings is 2. The largest absolute Gasteiger partial charge is 0.497 e.